The number of hydrogen-bond donors (Lipinski definition) is 1. The largest absolute Gasteiger partial charge is 0.471 e. The minimum atomic E-state index is -4.83. The third kappa shape index (κ3) is 3.33. The molecule has 136 valence electrons. The van der Waals surface area contributed by atoms with Crippen molar-refractivity contribution in [3.63, 3.8) is 0 Å². The molecule has 2 heterocycles. The van der Waals surface area contributed by atoms with Gasteiger partial charge in [0.25, 0.3) is 0 Å². The number of nitrogens with one attached hydrogen (secondary N) is 1. The topological polar surface area (TPSA) is 44.9 Å². The van der Waals surface area contributed by atoms with Crippen LogP contribution in [0.5, 0.6) is 0 Å². The molecule has 2 fully saturated rings. The number of amides is 1. The van der Waals surface area contributed by atoms with Gasteiger partial charge in [-0.05, 0) is 12.8 Å². The molecule has 1 amide bonds. The van der Waals surface area contributed by atoms with Crippen LogP contribution < -0.4 is 5.32 Å². The maximum Gasteiger partial charge on any atom is 0.471 e. The van der Waals surface area contributed by atoms with Gasteiger partial charge in [-0.3, -0.25) is 9.69 Å². The van der Waals surface area contributed by atoms with Crippen LogP contribution in [0.3, 0.4) is 0 Å². The number of rotatable bonds is 3. The molecule has 0 spiro atoms. The van der Waals surface area contributed by atoms with Gasteiger partial charge in [0.1, 0.15) is 0 Å². The van der Waals surface area contributed by atoms with E-state index in [-0.39, 0.29) is 5.41 Å². The smallest absolute Gasteiger partial charge is 0.372 e. The molecule has 1 saturated heterocycles. The van der Waals surface area contributed by atoms with Crippen LogP contribution in [0, 0.1) is 10.8 Å². The van der Waals surface area contributed by atoms with Crippen molar-refractivity contribution in [1.82, 2.24) is 10.2 Å². The Morgan fingerprint density at radius 3 is 2.67 bits per heavy atom. The van der Waals surface area contributed by atoms with Crippen LogP contribution in [0.1, 0.15) is 33.6 Å². The first-order valence-electron chi connectivity index (χ1n) is 8.45. The minimum Gasteiger partial charge on any atom is -0.372 e. The van der Waals surface area contributed by atoms with E-state index in [1.165, 1.54) is 5.57 Å². The molecule has 2 aliphatic heterocycles. The Labute approximate surface area is 140 Å². The van der Waals surface area contributed by atoms with Crippen molar-refractivity contribution in [2.75, 3.05) is 26.2 Å². The van der Waals surface area contributed by atoms with Crippen LogP contribution in [-0.2, 0) is 9.53 Å². The van der Waals surface area contributed by atoms with Crippen LogP contribution in [0.25, 0.3) is 0 Å². The highest BCUT2D eigenvalue weighted by Gasteiger charge is 2.51. The maximum atomic E-state index is 12.6. The number of carbonyl (C=O) groups is 1. The molecule has 1 N–H and O–H groups in total. The molecule has 3 rings (SSSR count). The molecule has 0 aromatic heterocycles. The molecule has 1 unspecified atom stereocenters. The van der Waals surface area contributed by atoms with Gasteiger partial charge < -0.3 is 10.1 Å². The normalized spacial score (nSPS) is 35.8. The van der Waals surface area contributed by atoms with E-state index in [4.69, 9.17) is 4.74 Å². The Morgan fingerprint density at radius 1 is 1.42 bits per heavy atom. The van der Waals surface area contributed by atoms with Gasteiger partial charge in [0.2, 0.25) is 0 Å². The summed E-state index contributed by atoms with van der Waals surface area (Å²) in [6.07, 6.45) is -1.03. The lowest BCUT2D eigenvalue weighted by atomic mass is 9.57. The van der Waals surface area contributed by atoms with Gasteiger partial charge in [-0.25, -0.2) is 0 Å². The number of halogens is 3. The molecule has 24 heavy (non-hydrogen) atoms. The molecule has 4 nitrogen and oxygen atoms in total. The van der Waals surface area contributed by atoms with E-state index in [9.17, 15) is 18.0 Å². The van der Waals surface area contributed by atoms with Crippen LogP contribution in [0.4, 0.5) is 13.2 Å². The first kappa shape index (κ1) is 17.7. The van der Waals surface area contributed by atoms with Crippen molar-refractivity contribution in [2.24, 2.45) is 10.8 Å². The van der Waals surface area contributed by atoms with E-state index in [0.717, 1.165) is 32.7 Å². The molecule has 3 atom stereocenters. The molecule has 3 aliphatic rings. The second-order valence-corrected chi connectivity index (χ2v) is 8.11. The summed E-state index contributed by atoms with van der Waals surface area (Å²) in [6, 6.07) is -0.496. The molecule has 0 aromatic carbocycles. The van der Waals surface area contributed by atoms with Gasteiger partial charge in [-0.2, -0.15) is 13.2 Å². The summed E-state index contributed by atoms with van der Waals surface area (Å²) < 4.78 is 43.1. The Morgan fingerprint density at radius 2 is 2.08 bits per heavy atom. The summed E-state index contributed by atoms with van der Waals surface area (Å²) in [5, 5.41) is 2.21. The summed E-state index contributed by atoms with van der Waals surface area (Å²) >= 11 is 0. The fourth-order valence-electron chi connectivity index (χ4n) is 4.47. The Balaban J connectivity index is 1.76. The number of nitrogens with zero attached hydrogens (tertiary/aromatic N) is 1. The molecular weight excluding hydrogens is 321 g/mol. The third-order valence-corrected chi connectivity index (χ3v) is 5.75. The van der Waals surface area contributed by atoms with Gasteiger partial charge in [0.05, 0.1) is 12.7 Å². The zero-order chi connectivity index (χ0) is 17.8. The van der Waals surface area contributed by atoms with Gasteiger partial charge >= 0.3 is 12.1 Å². The van der Waals surface area contributed by atoms with Crippen molar-refractivity contribution in [3.05, 3.63) is 11.6 Å². The van der Waals surface area contributed by atoms with E-state index >= 15 is 0 Å². The van der Waals surface area contributed by atoms with Crippen molar-refractivity contribution < 1.29 is 22.7 Å². The maximum absolute atomic E-state index is 12.6. The van der Waals surface area contributed by atoms with Crippen LogP contribution in [0.15, 0.2) is 11.6 Å². The highest BCUT2D eigenvalue weighted by molar-refractivity contribution is 5.82. The number of ether oxygens (including phenoxy) is 1. The number of fused-ring (bicyclic) bond motifs is 1. The Kier molecular flexibility index (Phi) is 4.23. The van der Waals surface area contributed by atoms with Gasteiger partial charge in [0, 0.05) is 36.5 Å². The monoisotopic (exact) mass is 346 g/mol. The fraction of sp³-hybridized carbons (Fsp3) is 0.824. The molecule has 0 radical (unpaired) electrons. The predicted molar refractivity (Wildman–Crippen MR) is 83.4 cm³/mol. The van der Waals surface area contributed by atoms with Crippen LogP contribution in [0.2, 0.25) is 0 Å². The second kappa shape index (κ2) is 5.73. The Bertz CT molecular complexity index is 555. The lowest BCUT2D eigenvalue weighted by Gasteiger charge is -2.54. The van der Waals surface area contributed by atoms with Crippen molar-refractivity contribution in [1.29, 1.82) is 0 Å². The van der Waals surface area contributed by atoms with E-state index in [0.29, 0.717) is 12.5 Å². The quantitative estimate of drug-likeness (QED) is 0.631. The van der Waals surface area contributed by atoms with E-state index < -0.39 is 23.5 Å². The average molecular weight is 346 g/mol. The number of epoxide rings is 1. The second-order valence-electron chi connectivity index (χ2n) is 8.11. The molecule has 7 heteroatoms. The fourth-order valence-corrected chi connectivity index (χ4v) is 4.47. The molecule has 1 saturated carbocycles. The summed E-state index contributed by atoms with van der Waals surface area (Å²) in [5.74, 6) is -1.84. The van der Waals surface area contributed by atoms with Crippen molar-refractivity contribution >= 4 is 5.91 Å². The summed E-state index contributed by atoms with van der Waals surface area (Å²) in [7, 11) is 0. The zero-order valence-electron chi connectivity index (χ0n) is 14.4. The summed E-state index contributed by atoms with van der Waals surface area (Å²) in [5.41, 5.74) is 0.619. The molecular formula is C17H25F3N2O2. The average Bonchev–Trinajstić information content (AvgIpc) is 3.24. The van der Waals surface area contributed by atoms with Gasteiger partial charge in [-0.1, -0.05) is 32.4 Å². The lowest BCUT2D eigenvalue weighted by molar-refractivity contribution is -0.175. The van der Waals surface area contributed by atoms with Gasteiger partial charge in [0.15, 0.2) is 0 Å². The standard InChI is InChI=1S/C17H25F3N2O2/c1-15(2)12-5-7-22(8-11-9-24-11)10-16(12,3)6-4-13(15)21-14(23)17(18,19)20/h5,11,13H,4,6-10H2,1-3H3,(H,21,23)/t11?,13-,16+/m0/s1. The van der Waals surface area contributed by atoms with Crippen molar-refractivity contribution in [3.8, 4) is 0 Å². The summed E-state index contributed by atoms with van der Waals surface area (Å²) in [4.78, 5) is 13.7. The highest BCUT2D eigenvalue weighted by Crippen LogP contribution is 2.52. The zero-order valence-corrected chi connectivity index (χ0v) is 14.4. The van der Waals surface area contributed by atoms with Gasteiger partial charge in [-0.15, -0.1) is 0 Å². The molecule has 1 aliphatic carbocycles. The van der Waals surface area contributed by atoms with E-state index in [2.05, 4.69) is 23.2 Å². The first-order chi connectivity index (χ1) is 11.0. The number of hydrogen-bond acceptors (Lipinski definition) is 3. The third-order valence-electron chi connectivity index (χ3n) is 5.75. The minimum absolute atomic E-state index is 0.0594. The number of alkyl halides is 3. The number of carbonyl (C=O) groups excluding carboxylic acids is 1. The predicted octanol–water partition coefficient (Wildman–Crippen LogP) is 2.50. The Hall–Kier alpha value is -1.08. The van der Waals surface area contributed by atoms with E-state index in [1.807, 2.05) is 13.8 Å². The first-order valence-corrected chi connectivity index (χ1v) is 8.45. The lowest BCUT2D eigenvalue weighted by Crippen LogP contribution is -2.58. The van der Waals surface area contributed by atoms with Crippen LogP contribution in [-0.4, -0.2) is 55.4 Å². The molecule has 0 aromatic rings. The highest BCUT2D eigenvalue weighted by atomic mass is 19.4. The molecule has 0 bridgehead atoms. The van der Waals surface area contributed by atoms with Crippen molar-refractivity contribution in [2.45, 2.75) is 51.9 Å². The summed E-state index contributed by atoms with van der Waals surface area (Å²) in [6.45, 7) is 9.47. The SMILES string of the molecule is CC1(C)C2=CCN(CC3CO3)C[C@@]2(C)CC[C@@H]1NC(=O)C(F)(F)F. The van der Waals surface area contributed by atoms with E-state index in [1.54, 1.807) is 0 Å². The van der Waals surface area contributed by atoms with Crippen LogP contribution >= 0.6 is 0 Å².